The van der Waals surface area contributed by atoms with Gasteiger partial charge >= 0.3 is 0 Å². The fourth-order valence-corrected chi connectivity index (χ4v) is 5.78. The van der Waals surface area contributed by atoms with E-state index in [1.165, 1.54) is 43.6 Å². The van der Waals surface area contributed by atoms with Gasteiger partial charge < -0.3 is 9.13 Å². The van der Waals surface area contributed by atoms with E-state index in [9.17, 15) is 0 Å². The van der Waals surface area contributed by atoms with Crippen LogP contribution in [-0.4, -0.2) is 19.1 Å². The monoisotopic (exact) mass is 546 g/mol. The molecule has 2 aromatic carbocycles. The summed E-state index contributed by atoms with van der Waals surface area (Å²) in [6.07, 6.45) is 3.81. The van der Waals surface area contributed by atoms with Gasteiger partial charge in [0.15, 0.2) is 0 Å². The molecule has 0 bridgehead atoms. The van der Waals surface area contributed by atoms with Crippen molar-refractivity contribution in [3.63, 3.8) is 0 Å². The van der Waals surface area contributed by atoms with Crippen LogP contribution in [0.3, 0.4) is 0 Å². The molecule has 0 spiro atoms. The summed E-state index contributed by atoms with van der Waals surface area (Å²) >= 11 is 7.29. The third kappa shape index (κ3) is 2.93. The highest BCUT2D eigenvalue weighted by atomic mass is 79.9. The lowest BCUT2D eigenvalue weighted by molar-refractivity contribution is 0.629. The fourth-order valence-electron chi connectivity index (χ4n) is 5.06. The topological polar surface area (TPSA) is 35.6 Å². The molecular formula is C26H20Br2N4. The van der Waals surface area contributed by atoms with E-state index < -0.39 is 0 Å². The summed E-state index contributed by atoms with van der Waals surface area (Å²) in [5, 5.41) is 5.00. The molecule has 0 fully saturated rings. The minimum absolute atomic E-state index is 0.845. The molecule has 0 aliphatic rings. The lowest BCUT2D eigenvalue weighted by Gasteiger charge is -2.13. The lowest BCUT2D eigenvalue weighted by Crippen LogP contribution is -2.08. The zero-order valence-electron chi connectivity index (χ0n) is 17.7. The average Bonchev–Trinajstić information content (AvgIpc) is 3.26. The van der Waals surface area contributed by atoms with Crippen molar-refractivity contribution >= 4 is 75.5 Å². The summed E-state index contributed by atoms with van der Waals surface area (Å²) in [7, 11) is 0. The van der Waals surface area contributed by atoms with Crippen LogP contribution in [-0.2, 0) is 13.1 Å². The van der Waals surface area contributed by atoms with Crippen LogP contribution in [0.15, 0.2) is 69.9 Å². The number of benzene rings is 2. The first-order valence-corrected chi connectivity index (χ1v) is 12.2. The molecule has 0 atom stereocenters. The first-order valence-electron chi connectivity index (χ1n) is 10.6. The van der Waals surface area contributed by atoms with E-state index in [4.69, 9.17) is 0 Å². The molecule has 0 amide bonds. The Kier molecular flexibility index (Phi) is 4.63. The van der Waals surface area contributed by atoms with Gasteiger partial charge in [0.05, 0.1) is 22.4 Å². The Balaban J connectivity index is 1.57. The smallest absolute Gasteiger partial charge is 0.0708 e. The van der Waals surface area contributed by atoms with Gasteiger partial charge in [0.25, 0.3) is 0 Å². The first kappa shape index (κ1) is 19.9. The number of aromatic nitrogens is 4. The summed E-state index contributed by atoms with van der Waals surface area (Å²) in [4.78, 5) is 9.20. The minimum Gasteiger partial charge on any atom is -0.337 e. The number of pyridine rings is 2. The predicted octanol–water partition coefficient (Wildman–Crippen LogP) is 7.53. The van der Waals surface area contributed by atoms with E-state index in [1.54, 1.807) is 0 Å². The third-order valence-corrected chi connectivity index (χ3v) is 7.37. The zero-order valence-corrected chi connectivity index (χ0v) is 20.9. The van der Waals surface area contributed by atoms with Crippen LogP contribution in [0.1, 0.15) is 11.4 Å². The molecule has 4 heterocycles. The van der Waals surface area contributed by atoms with Crippen LogP contribution in [0.2, 0.25) is 0 Å². The van der Waals surface area contributed by atoms with Crippen LogP contribution in [0.5, 0.6) is 0 Å². The second kappa shape index (κ2) is 7.42. The summed E-state index contributed by atoms with van der Waals surface area (Å²) in [6, 6.07) is 17.3. The van der Waals surface area contributed by atoms with Gasteiger partial charge in [-0.05, 0) is 62.4 Å². The number of hydrogen-bond donors (Lipinski definition) is 0. The Morgan fingerprint density at radius 1 is 0.625 bits per heavy atom. The van der Waals surface area contributed by atoms with Crippen molar-refractivity contribution in [1.29, 1.82) is 0 Å². The number of aryl methyl sites for hydroxylation is 4. The molecule has 0 unspecified atom stereocenters. The molecule has 0 radical (unpaired) electrons. The largest absolute Gasteiger partial charge is 0.337 e. The highest BCUT2D eigenvalue weighted by molar-refractivity contribution is 9.10. The Morgan fingerprint density at radius 3 is 1.50 bits per heavy atom. The quantitative estimate of drug-likeness (QED) is 0.229. The maximum atomic E-state index is 4.60. The highest BCUT2D eigenvalue weighted by Gasteiger charge is 2.16. The number of halogens is 2. The molecule has 4 aromatic heterocycles. The molecule has 6 rings (SSSR count). The normalized spacial score (nSPS) is 12.0. The van der Waals surface area contributed by atoms with Gasteiger partial charge in [-0.1, -0.05) is 31.9 Å². The third-order valence-electron chi connectivity index (χ3n) is 6.38. The molecule has 32 heavy (non-hydrogen) atoms. The van der Waals surface area contributed by atoms with E-state index in [1.807, 2.05) is 12.4 Å². The van der Waals surface area contributed by atoms with Crippen molar-refractivity contribution in [1.82, 2.24) is 19.1 Å². The van der Waals surface area contributed by atoms with Crippen molar-refractivity contribution in [3.05, 3.63) is 81.3 Å². The van der Waals surface area contributed by atoms with E-state index in [0.29, 0.717) is 0 Å². The first-order chi connectivity index (χ1) is 15.5. The van der Waals surface area contributed by atoms with Crippen LogP contribution >= 0.6 is 31.9 Å². The predicted molar refractivity (Wildman–Crippen MR) is 139 cm³/mol. The van der Waals surface area contributed by atoms with Gasteiger partial charge in [-0.3, -0.25) is 9.97 Å². The van der Waals surface area contributed by atoms with Gasteiger partial charge in [-0.15, -0.1) is 0 Å². The van der Waals surface area contributed by atoms with Gasteiger partial charge in [0.2, 0.25) is 0 Å². The number of rotatable bonds is 3. The van der Waals surface area contributed by atoms with Gasteiger partial charge in [-0.2, -0.15) is 0 Å². The summed E-state index contributed by atoms with van der Waals surface area (Å²) in [5.41, 5.74) is 6.99. The van der Waals surface area contributed by atoms with Crippen molar-refractivity contribution < 1.29 is 0 Å². The van der Waals surface area contributed by atoms with E-state index in [-0.39, 0.29) is 0 Å². The molecule has 6 aromatic rings. The van der Waals surface area contributed by atoms with Crippen LogP contribution in [0.25, 0.3) is 43.6 Å². The fraction of sp³-hybridized carbons (Fsp3) is 0.154. The van der Waals surface area contributed by atoms with Gasteiger partial charge in [0, 0.05) is 67.0 Å². The number of nitrogens with zero attached hydrogens (tertiary/aromatic N) is 4. The molecule has 0 aliphatic carbocycles. The molecular weight excluding hydrogens is 528 g/mol. The Hall–Kier alpha value is -2.70. The van der Waals surface area contributed by atoms with E-state index in [2.05, 4.69) is 113 Å². The Morgan fingerprint density at radius 2 is 1.06 bits per heavy atom. The molecule has 4 nitrogen and oxygen atoms in total. The standard InChI is InChI=1S/C26H20Br2N4/c1-15-25-19(7-9-29-15)21-13-17(27)3-5-23(21)31(25)11-12-32-24-6-4-18(28)14-22(24)20-8-10-30-16(2)26(20)32/h3-10,13-14H,11-12H2,1-2H3. The highest BCUT2D eigenvalue weighted by Crippen LogP contribution is 2.34. The van der Waals surface area contributed by atoms with Gasteiger partial charge in [-0.25, -0.2) is 0 Å². The van der Waals surface area contributed by atoms with Crippen LogP contribution in [0.4, 0.5) is 0 Å². The molecule has 6 heteroatoms. The van der Waals surface area contributed by atoms with Crippen molar-refractivity contribution in [2.24, 2.45) is 0 Å². The summed E-state index contributed by atoms with van der Waals surface area (Å²) < 4.78 is 7.02. The summed E-state index contributed by atoms with van der Waals surface area (Å²) in [5.74, 6) is 0. The number of fused-ring (bicyclic) bond motifs is 6. The molecule has 0 saturated heterocycles. The Labute approximate surface area is 202 Å². The second-order valence-corrected chi connectivity index (χ2v) is 10.0. The maximum Gasteiger partial charge on any atom is 0.0708 e. The molecule has 0 N–H and O–H groups in total. The van der Waals surface area contributed by atoms with Crippen LogP contribution < -0.4 is 0 Å². The average molecular weight is 548 g/mol. The SMILES string of the molecule is Cc1nccc2c3cc(Br)ccc3n(CCn3c4ccc(Br)cc4c4ccnc(C)c43)c12. The zero-order chi connectivity index (χ0) is 22.0. The van der Waals surface area contributed by atoms with Gasteiger partial charge in [0.1, 0.15) is 0 Å². The Bertz CT molecular complexity index is 1550. The van der Waals surface area contributed by atoms with Crippen LogP contribution in [0, 0.1) is 13.8 Å². The maximum absolute atomic E-state index is 4.60. The van der Waals surface area contributed by atoms with E-state index in [0.717, 1.165) is 33.4 Å². The molecule has 158 valence electrons. The summed E-state index contributed by atoms with van der Waals surface area (Å²) in [6.45, 7) is 5.88. The van der Waals surface area contributed by atoms with E-state index >= 15 is 0 Å². The molecule has 0 saturated carbocycles. The van der Waals surface area contributed by atoms with Crippen molar-refractivity contribution in [3.8, 4) is 0 Å². The molecule has 0 aliphatic heterocycles. The van der Waals surface area contributed by atoms with Crippen molar-refractivity contribution in [2.75, 3.05) is 0 Å². The minimum atomic E-state index is 0.845. The second-order valence-electron chi connectivity index (χ2n) is 8.21. The van der Waals surface area contributed by atoms with Crippen molar-refractivity contribution in [2.45, 2.75) is 26.9 Å². The number of hydrogen-bond acceptors (Lipinski definition) is 2. The lowest BCUT2D eigenvalue weighted by atomic mass is 10.2.